The molecule has 0 unspecified atom stereocenters. The molecule has 0 spiro atoms. The van der Waals surface area contributed by atoms with Gasteiger partial charge < -0.3 is 19.3 Å². The average molecular weight is 352 g/mol. The van der Waals surface area contributed by atoms with Crippen molar-refractivity contribution >= 4 is 23.2 Å². The molecule has 0 bridgehead atoms. The molecule has 2 aromatic carbocycles. The van der Waals surface area contributed by atoms with Crippen molar-refractivity contribution < 1.29 is 9.47 Å². The zero-order valence-corrected chi connectivity index (χ0v) is 15.2. The van der Waals surface area contributed by atoms with Crippen LogP contribution in [-0.2, 0) is 9.47 Å². The lowest BCUT2D eigenvalue weighted by atomic mass is 10.1. The quantitative estimate of drug-likeness (QED) is 0.655. The summed E-state index contributed by atoms with van der Waals surface area (Å²) in [4.78, 5) is 4.71. The first kappa shape index (κ1) is 17.8. The molecule has 0 aromatic heterocycles. The van der Waals surface area contributed by atoms with Crippen LogP contribution in [0, 0.1) is 10.8 Å². The second kappa shape index (κ2) is 7.91. The number of rotatable bonds is 4. The summed E-state index contributed by atoms with van der Waals surface area (Å²) in [6.07, 6.45) is 0. The summed E-state index contributed by atoms with van der Waals surface area (Å²) >= 11 is 0. The second-order valence-corrected chi connectivity index (χ2v) is 6.13. The molecular weight excluding hydrogens is 328 g/mol. The van der Waals surface area contributed by atoms with Crippen LogP contribution in [0.15, 0.2) is 48.5 Å². The van der Waals surface area contributed by atoms with Gasteiger partial charge in [0.1, 0.15) is 0 Å². The Morgan fingerprint density at radius 3 is 1.23 bits per heavy atom. The molecular formula is C20H24N4O2. The first-order valence-corrected chi connectivity index (χ1v) is 8.58. The third kappa shape index (κ3) is 3.79. The van der Waals surface area contributed by atoms with Crippen LogP contribution in [-0.4, -0.2) is 52.2 Å². The van der Waals surface area contributed by atoms with Crippen molar-refractivity contribution in [2.45, 2.75) is 0 Å². The van der Waals surface area contributed by atoms with Gasteiger partial charge in [0.05, 0.1) is 14.2 Å². The number of methoxy groups -OCH3 is 2. The Morgan fingerprint density at radius 1 is 0.654 bits per heavy atom. The lowest BCUT2D eigenvalue weighted by molar-refractivity contribution is 0.401. The van der Waals surface area contributed by atoms with Crippen LogP contribution in [0.3, 0.4) is 0 Å². The maximum absolute atomic E-state index is 7.71. The summed E-state index contributed by atoms with van der Waals surface area (Å²) in [7, 11) is 3.03. The van der Waals surface area contributed by atoms with E-state index in [1.807, 2.05) is 48.5 Å². The number of piperazine rings is 1. The van der Waals surface area contributed by atoms with Gasteiger partial charge in [-0.05, 0) is 48.5 Å². The number of hydrogen-bond donors (Lipinski definition) is 2. The Labute approximate surface area is 154 Å². The van der Waals surface area contributed by atoms with Crippen LogP contribution in [0.1, 0.15) is 11.1 Å². The standard InChI is InChI=1S/C20H24N4O2/c1-25-19(21)15-3-7-17(8-4-15)23-11-13-24(14-12-23)18-9-5-16(6-10-18)20(22)26-2/h3-10,21-22H,11-14H2,1-2H3. The molecule has 26 heavy (non-hydrogen) atoms. The first-order valence-electron chi connectivity index (χ1n) is 8.58. The summed E-state index contributed by atoms with van der Waals surface area (Å²) in [6.45, 7) is 3.76. The highest BCUT2D eigenvalue weighted by Gasteiger charge is 2.18. The Hall–Kier alpha value is -3.02. The van der Waals surface area contributed by atoms with E-state index < -0.39 is 0 Å². The molecule has 0 saturated carbocycles. The summed E-state index contributed by atoms with van der Waals surface area (Å²) < 4.78 is 9.91. The molecule has 1 saturated heterocycles. The van der Waals surface area contributed by atoms with Crippen molar-refractivity contribution in [1.29, 1.82) is 10.8 Å². The number of hydrogen-bond acceptors (Lipinski definition) is 6. The fraction of sp³-hybridized carbons (Fsp3) is 0.300. The van der Waals surface area contributed by atoms with Crippen LogP contribution in [0.2, 0.25) is 0 Å². The second-order valence-electron chi connectivity index (χ2n) is 6.13. The van der Waals surface area contributed by atoms with Crippen LogP contribution in [0.4, 0.5) is 11.4 Å². The van der Waals surface area contributed by atoms with Gasteiger partial charge in [-0.2, -0.15) is 0 Å². The Morgan fingerprint density at radius 2 is 0.962 bits per heavy atom. The van der Waals surface area contributed by atoms with E-state index in [4.69, 9.17) is 20.3 Å². The molecule has 0 radical (unpaired) electrons. The zero-order chi connectivity index (χ0) is 18.5. The molecule has 2 aromatic rings. The van der Waals surface area contributed by atoms with E-state index in [9.17, 15) is 0 Å². The van der Waals surface area contributed by atoms with E-state index in [1.54, 1.807) is 0 Å². The van der Waals surface area contributed by atoms with Gasteiger partial charge in [0.2, 0.25) is 11.8 Å². The average Bonchev–Trinajstić information content (AvgIpc) is 2.73. The Bertz CT molecular complexity index is 696. The Balaban J connectivity index is 1.60. The van der Waals surface area contributed by atoms with Gasteiger partial charge in [0.25, 0.3) is 0 Å². The minimum Gasteiger partial charge on any atom is -0.481 e. The highest BCUT2D eigenvalue weighted by Crippen LogP contribution is 2.22. The molecule has 0 amide bonds. The summed E-state index contributed by atoms with van der Waals surface area (Å²) in [5, 5.41) is 15.4. The molecule has 0 aliphatic carbocycles. The third-order valence-electron chi connectivity index (χ3n) is 4.68. The van der Waals surface area contributed by atoms with Crippen LogP contribution in [0.5, 0.6) is 0 Å². The Kier molecular flexibility index (Phi) is 5.41. The van der Waals surface area contributed by atoms with E-state index in [1.165, 1.54) is 25.6 Å². The van der Waals surface area contributed by atoms with E-state index >= 15 is 0 Å². The van der Waals surface area contributed by atoms with Crippen molar-refractivity contribution in [3.05, 3.63) is 59.7 Å². The fourth-order valence-electron chi connectivity index (χ4n) is 3.11. The molecule has 1 aliphatic rings. The molecule has 1 heterocycles. The maximum Gasteiger partial charge on any atom is 0.212 e. The van der Waals surface area contributed by atoms with Crippen LogP contribution < -0.4 is 9.80 Å². The van der Waals surface area contributed by atoms with Crippen LogP contribution >= 0.6 is 0 Å². The molecule has 6 nitrogen and oxygen atoms in total. The van der Waals surface area contributed by atoms with Crippen molar-refractivity contribution in [2.75, 3.05) is 50.2 Å². The highest BCUT2D eigenvalue weighted by atomic mass is 16.5. The van der Waals surface area contributed by atoms with E-state index in [0.29, 0.717) is 0 Å². The minimum atomic E-state index is 0.186. The maximum atomic E-state index is 7.71. The predicted octanol–water partition coefficient (Wildman–Crippen LogP) is 2.96. The van der Waals surface area contributed by atoms with E-state index in [0.717, 1.165) is 37.3 Å². The normalized spacial score (nSPS) is 14.1. The minimum absolute atomic E-state index is 0.186. The van der Waals surface area contributed by atoms with E-state index in [2.05, 4.69) is 9.80 Å². The highest BCUT2D eigenvalue weighted by molar-refractivity contribution is 5.92. The number of anilines is 2. The van der Waals surface area contributed by atoms with Gasteiger partial charge in [-0.25, -0.2) is 0 Å². The van der Waals surface area contributed by atoms with Gasteiger partial charge in [0.15, 0.2) is 0 Å². The van der Waals surface area contributed by atoms with Gasteiger partial charge in [0, 0.05) is 48.7 Å². The predicted molar refractivity (Wildman–Crippen MR) is 105 cm³/mol. The third-order valence-corrected chi connectivity index (χ3v) is 4.68. The largest absolute Gasteiger partial charge is 0.481 e. The smallest absolute Gasteiger partial charge is 0.212 e. The number of ether oxygens (including phenoxy) is 2. The van der Waals surface area contributed by atoms with Crippen molar-refractivity contribution in [2.24, 2.45) is 0 Å². The van der Waals surface area contributed by atoms with Crippen molar-refractivity contribution in [3.8, 4) is 0 Å². The number of benzene rings is 2. The van der Waals surface area contributed by atoms with Crippen LogP contribution in [0.25, 0.3) is 0 Å². The fourth-order valence-corrected chi connectivity index (χ4v) is 3.11. The molecule has 6 heteroatoms. The molecule has 136 valence electrons. The van der Waals surface area contributed by atoms with Gasteiger partial charge in [-0.15, -0.1) is 0 Å². The van der Waals surface area contributed by atoms with E-state index in [-0.39, 0.29) is 11.8 Å². The SMILES string of the molecule is COC(=N)c1ccc(N2CCN(c3ccc(C(=N)OC)cc3)CC2)cc1. The summed E-state index contributed by atoms with van der Waals surface area (Å²) in [5.41, 5.74) is 3.91. The number of nitrogens with one attached hydrogen (secondary N) is 2. The molecule has 0 atom stereocenters. The lowest BCUT2D eigenvalue weighted by Crippen LogP contribution is -2.46. The topological polar surface area (TPSA) is 72.6 Å². The summed E-state index contributed by atoms with van der Waals surface area (Å²) in [5.74, 6) is 0.373. The lowest BCUT2D eigenvalue weighted by Gasteiger charge is -2.37. The van der Waals surface area contributed by atoms with Crippen molar-refractivity contribution in [1.82, 2.24) is 0 Å². The molecule has 1 aliphatic heterocycles. The van der Waals surface area contributed by atoms with Gasteiger partial charge in [-0.3, -0.25) is 10.8 Å². The molecule has 3 rings (SSSR count). The summed E-state index contributed by atoms with van der Waals surface area (Å²) in [6, 6.07) is 15.9. The zero-order valence-electron chi connectivity index (χ0n) is 15.2. The monoisotopic (exact) mass is 352 g/mol. The molecule has 1 fully saturated rings. The van der Waals surface area contributed by atoms with Gasteiger partial charge >= 0.3 is 0 Å². The van der Waals surface area contributed by atoms with Crippen molar-refractivity contribution in [3.63, 3.8) is 0 Å². The molecule has 2 N–H and O–H groups in total. The first-order chi connectivity index (χ1) is 12.6. The van der Waals surface area contributed by atoms with Gasteiger partial charge in [-0.1, -0.05) is 0 Å². The number of nitrogens with zero attached hydrogens (tertiary/aromatic N) is 2.